The average molecular weight is 299 g/mol. The number of nitrogens with zero attached hydrogens (tertiary/aromatic N) is 1. The van der Waals surface area contributed by atoms with E-state index in [-0.39, 0.29) is 0 Å². The third-order valence-electron chi connectivity index (χ3n) is 3.23. The van der Waals surface area contributed by atoms with Crippen molar-refractivity contribution < 1.29 is 4.74 Å². The fraction of sp³-hybridized carbons (Fsp3) is 0.538. The summed E-state index contributed by atoms with van der Waals surface area (Å²) in [5.41, 5.74) is 2.65. The number of methoxy groups -OCH3 is 1. The highest BCUT2D eigenvalue weighted by Crippen LogP contribution is 2.28. The fourth-order valence-corrected chi connectivity index (χ4v) is 2.74. The summed E-state index contributed by atoms with van der Waals surface area (Å²) in [5, 5.41) is 3.22. The van der Waals surface area contributed by atoms with Crippen molar-refractivity contribution in [1.82, 2.24) is 5.32 Å². The summed E-state index contributed by atoms with van der Waals surface area (Å²) in [6.45, 7) is 2.97. The Labute approximate surface area is 111 Å². The minimum atomic E-state index is 0.376. The number of ether oxygens (including phenoxy) is 1. The van der Waals surface area contributed by atoms with Gasteiger partial charge in [-0.2, -0.15) is 0 Å². The zero-order chi connectivity index (χ0) is 12.3. The van der Waals surface area contributed by atoms with E-state index < -0.39 is 0 Å². The second-order valence-electron chi connectivity index (χ2n) is 4.40. The number of nitrogens with one attached hydrogen (secondary N) is 1. The Morgan fingerprint density at radius 3 is 3.00 bits per heavy atom. The van der Waals surface area contributed by atoms with Crippen LogP contribution in [-0.2, 0) is 11.3 Å². The van der Waals surface area contributed by atoms with Gasteiger partial charge in [-0.3, -0.25) is 0 Å². The second-order valence-corrected chi connectivity index (χ2v) is 5.31. The first-order valence-electron chi connectivity index (χ1n) is 5.95. The van der Waals surface area contributed by atoms with Crippen molar-refractivity contribution in [2.75, 3.05) is 32.1 Å². The van der Waals surface area contributed by atoms with Gasteiger partial charge in [-0.25, -0.2) is 0 Å². The highest BCUT2D eigenvalue weighted by molar-refractivity contribution is 9.10. The number of anilines is 1. The highest BCUT2D eigenvalue weighted by Gasteiger charge is 2.23. The highest BCUT2D eigenvalue weighted by atomic mass is 79.9. The molecule has 1 fully saturated rings. The molecule has 0 aromatic heterocycles. The Bertz CT molecular complexity index is 384. The van der Waals surface area contributed by atoms with E-state index in [1.54, 1.807) is 7.11 Å². The van der Waals surface area contributed by atoms with Gasteiger partial charge in [0.25, 0.3) is 0 Å². The maximum absolute atomic E-state index is 5.42. The summed E-state index contributed by atoms with van der Waals surface area (Å²) in [6.07, 6.45) is 1.49. The smallest absolute Gasteiger partial charge is 0.0762 e. The summed E-state index contributed by atoms with van der Waals surface area (Å²) in [5.74, 6) is 0. The van der Waals surface area contributed by atoms with E-state index in [9.17, 15) is 0 Å². The van der Waals surface area contributed by atoms with Gasteiger partial charge < -0.3 is 15.0 Å². The van der Waals surface area contributed by atoms with Gasteiger partial charge in [0.2, 0.25) is 0 Å². The molecule has 1 N–H and O–H groups in total. The van der Waals surface area contributed by atoms with Crippen molar-refractivity contribution in [2.24, 2.45) is 0 Å². The lowest BCUT2D eigenvalue weighted by molar-refractivity contribution is 0.121. The third-order valence-corrected chi connectivity index (χ3v) is 3.72. The molecule has 17 heavy (non-hydrogen) atoms. The molecule has 1 heterocycles. The van der Waals surface area contributed by atoms with Crippen LogP contribution in [-0.4, -0.2) is 33.4 Å². The Morgan fingerprint density at radius 1 is 1.53 bits per heavy atom. The van der Waals surface area contributed by atoms with Gasteiger partial charge in [-0.05, 0) is 37.2 Å². The molecule has 1 atom stereocenters. The molecular formula is C13H19BrN2O. The lowest BCUT2D eigenvalue weighted by atomic mass is 10.1. The number of hydrogen-bond acceptors (Lipinski definition) is 3. The zero-order valence-corrected chi connectivity index (χ0v) is 12.0. The Kier molecular flexibility index (Phi) is 4.42. The molecule has 1 aliphatic rings. The minimum Gasteiger partial charge on any atom is -0.380 e. The van der Waals surface area contributed by atoms with Gasteiger partial charge in [0, 0.05) is 36.9 Å². The van der Waals surface area contributed by atoms with Crippen LogP contribution in [0.15, 0.2) is 22.7 Å². The molecule has 0 spiro atoms. The molecule has 0 aliphatic carbocycles. The summed E-state index contributed by atoms with van der Waals surface area (Å²) < 4.78 is 6.55. The molecule has 0 amide bonds. The van der Waals surface area contributed by atoms with Crippen LogP contribution in [0.2, 0.25) is 0 Å². The predicted molar refractivity (Wildman–Crippen MR) is 74.5 cm³/mol. The Hall–Kier alpha value is -0.580. The topological polar surface area (TPSA) is 24.5 Å². The quantitative estimate of drug-likeness (QED) is 0.924. The number of halogens is 1. The van der Waals surface area contributed by atoms with Crippen LogP contribution in [0.25, 0.3) is 0 Å². The molecule has 1 aromatic carbocycles. The van der Waals surface area contributed by atoms with Crippen molar-refractivity contribution in [3.63, 3.8) is 0 Å². The Morgan fingerprint density at radius 2 is 2.35 bits per heavy atom. The number of rotatable bonds is 4. The summed E-state index contributed by atoms with van der Waals surface area (Å²) >= 11 is 3.53. The van der Waals surface area contributed by atoms with Crippen molar-refractivity contribution >= 4 is 21.6 Å². The van der Waals surface area contributed by atoms with E-state index in [4.69, 9.17) is 4.74 Å². The number of hydrogen-bond donors (Lipinski definition) is 1. The van der Waals surface area contributed by atoms with Crippen LogP contribution in [0.3, 0.4) is 0 Å². The van der Waals surface area contributed by atoms with E-state index in [2.05, 4.69) is 44.3 Å². The van der Waals surface area contributed by atoms with E-state index in [1.807, 2.05) is 7.05 Å². The van der Waals surface area contributed by atoms with Crippen molar-refractivity contribution in [3.8, 4) is 0 Å². The normalized spacial score (nSPS) is 19.9. The first kappa shape index (κ1) is 12.9. The van der Waals surface area contributed by atoms with E-state index in [1.165, 1.54) is 11.3 Å². The van der Waals surface area contributed by atoms with Crippen LogP contribution >= 0.6 is 15.9 Å². The maximum atomic E-state index is 5.42. The van der Waals surface area contributed by atoms with E-state index in [0.29, 0.717) is 6.10 Å². The first-order chi connectivity index (χ1) is 8.24. The van der Waals surface area contributed by atoms with Gasteiger partial charge in [-0.15, -0.1) is 0 Å². The van der Waals surface area contributed by atoms with Gasteiger partial charge in [0.05, 0.1) is 6.10 Å². The maximum Gasteiger partial charge on any atom is 0.0762 e. The molecule has 2 rings (SSSR count). The second kappa shape index (κ2) is 5.85. The minimum absolute atomic E-state index is 0.376. The lowest BCUT2D eigenvalue weighted by Crippen LogP contribution is -2.24. The Balaban J connectivity index is 2.19. The van der Waals surface area contributed by atoms with E-state index >= 15 is 0 Å². The van der Waals surface area contributed by atoms with Crippen molar-refractivity contribution in [2.45, 2.75) is 19.1 Å². The molecular weight excluding hydrogens is 280 g/mol. The molecule has 4 heteroatoms. The average Bonchev–Trinajstić information content (AvgIpc) is 2.78. The van der Waals surface area contributed by atoms with Gasteiger partial charge >= 0.3 is 0 Å². The largest absolute Gasteiger partial charge is 0.380 e. The van der Waals surface area contributed by atoms with Crippen molar-refractivity contribution in [3.05, 3.63) is 28.2 Å². The SMILES string of the molecule is CNCc1cc(Br)ccc1N1CCC(OC)C1. The van der Waals surface area contributed by atoms with Gasteiger partial charge in [0.15, 0.2) is 0 Å². The third kappa shape index (κ3) is 3.00. The molecule has 1 aliphatic heterocycles. The first-order valence-corrected chi connectivity index (χ1v) is 6.74. The molecule has 3 nitrogen and oxygen atoms in total. The monoisotopic (exact) mass is 298 g/mol. The molecule has 94 valence electrons. The fourth-order valence-electron chi connectivity index (χ4n) is 2.33. The molecule has 1 aromatic rings. The summed E-state index contributed by atoms with van der Waals surface area (Å²) in [7, 11) is 3.77. The predicted octanol–water partition coefficient (Wildman–Crippen LogP) is 2.39. The van der Waals surface area contributed by atoms with Crippen LogP contribution in [0, 0.1) is 0 Å². The molecule has 1 unspecified atom stereocenters. The van der Waals surface area contributed by atoms with Gasteiger partial charge in [-0.1, -0.05) is 15.9 Å². The van der Waals surface area contributed by atoms with Crippen LogP contribution in [0.4, 0.5) is 5.69 Å². The molecule has 0 bridgehead atoms. The summed E-state index contributed by atoms with van der Waals surface area (Å²) in [4.78, 5) is 2.41. The zero-order valence-electron chi connectivity index (χ0n) is 10.4. The standard InChI is InChI=1S/C13H19BrN2O/c1-15-8-10-7-11(14)3-4-13(10)16-6-5-12(9-16)17-2/h3-4,7,12,15H,5-6,8-9H2,1-2H3. The molecule has 0 radical (unpaired) electrons. The lowest BCUT2D eigenvalue weighted by Gasteiger charge is -2.22. The summed E-state index contributed by atoms with van der Waals surface area (Å²) in [6, 6.07) is 6.48. The number of benzene rings is 1. The van der Waals surface area contributed by atoms with Crippen LogP contribution < -0.4 is 10.2 Å². The molecule has 1 saturated heterocycles. The van der Waals surface area contributed by atoms with Crippen LogP contribution in [0.1, 0.15) is 12.0 Å². The van der Waals surface area contributed by atoms with Crippen LogP contribution in [0.5, 0.6) is 0 Å². The van der Waals surface area contributed by atoms with Gasteiger partial charge in [0.1, 0.15) is 0 Å². The van der Waals surface area contributed by atoms with E-state index in [0.717, 1.165) is 30.5 Å². The van der Waals surface area contributed by atoms with Crippen molar-refractivity contribution in [1.29, 1.82) is 0 Å². The molecule has 0 saturated carbocycles.